The fourth-order valence-electron chi connectivity index (χ4n) is 2.12. The molecule has 0 radical (unpaired) electrons. The van der Waals surface area contributed by atoms with Gasteiger partial charge in [-0.15, -0.1) is 0 Å². The Kier molecular flexibility index (Phi) is 3.57. The largest absolute Gasteiger partial charge is 0.465 e. The second-order valence-electron chi connectivity index (χ2n) is 4.25. The fourth-order valence-corrected chi connectivity index (χ4v) is 2.12. The number of carbonyl (C=O) groups excluding carboxylic acids is 1. The minimum absolute atomic E-state index is 0.269. The van der Waals surface area contributed by atoms with Crippen molar-refractivity contribution in [3.63, 3.8) is 0 Å². The van der Waals surface area contributed by atoms with Crippen molar-refractivity contribution in [1.29, 1.82) is 0 Å². The zero-order valence-corrected chi connectivity index (χ0v) is 9.53. The average Bonchev–Trinajstić information content (AvgIpc) is 2.82. The van der Waals surface area contributed by atoms with E-state index < -0.39 is 0 Å². The van der Waals surface area contributed by atoms with Gasteiger partial charge in [-0.3, -0.25) is 0 Å². The first-order valence-corrected chi connectivity index (χ1v) is 5.67. The molecule has 1 N–H and O–H groups in total. The Morgan fingerprint density at radius 1 is 1.44 bits per heavy atom. The summed E-state index contributed by atoms with van der Waals surface area (Å²) in [6.07, 6.45) is 2.34. The summed E-state index contributed by atoms with van der Waals surface area (Å²) in [4.78, 5) is 11.2. The highest BCUT2D eigenvalue weighted by molar-refractivity contribution is 5.89. The van der Waals surface area contributed by atoms with Crippen molar-refractivity contribution in [2.24, 2.45) is 5.92 Å². The maximum atomic E-state index is 11.2. The van der Waals surface area contributed by atoms with Crippen LogP contribution in [-0.4, -0.2) is 26.2 Å². The first-order valence-electron chi connectivity index (χ1n) is 5.67. The Morgan fingerprint density at radius 3 is 2.75 bits per heavy atom. The molecule has 3 nitrogen and oxygen atoms in total. The molecule has 1 aliphatic rings. The Labute approximate surface area is 95.8 Å². The van der Waals surface area contributed by atoms with Crippen LogP contribution < -0.4 is 5.32 Å². The van der Waals surface area contributed by atoms with Crippen LogP contribution in [0.5, 0.6) is 0 Å². The molecular weight excluding hydrogens is 202 g/mol. The summed E-state index contributed by atoms with van der Waals surface area (Å²) < 4.78 is 4.66. The van der Waals surface area contributed by atoms with E-state index in [0.717, 1.165) is 25.4 Å². The molecule has 0 amide bonds. The van der Waals surface area contributed by atoms with Crippen molar-refractivity contribution in [2.75, 3.05) is 20.2 Å². The van der Waals surface area contributed by atoms with Crippen molar-refractivity contribution in [3.8, 4) is 0 Å². The number of benzene rings is 1. The summed E-state index contributed by atoms with van der Waals surface area (Å²) in [6.45, 7) is 2.24. The van der Waals surface area contributed by atoms with E-state index in [9.17, 15) is 4.79 Å². The normalized spacial score (nSPS) is 19.7. The highest BCUT2D eigenvalue weighted by Crippen LogP contribution is 2.15. The quantitative estimate of drug-likeness (QED) is 0.785. The standard InChI is InChI=1S/C13H17NO2/c1-16-13(15)12-4-2-10(3-5-12)8-11-6-7-14-9-11/h2-5,11,14H,6-9H2,1H3/t11-/m0/s1. The number of hydrogen-bond donors (Lipinski definition) is 1. The monoisotopic (exact) mass is 219 g/mol. The maximum absolute atomic E-state index is 11.2. The molecule has 0 aromatic heterocycles. The van der Waals surface area contributed by atoms with Gasteiger partial charge in [0.25, 0.3) is 0 Å². The Bertz CT molecular complexity index is 353. The van der Waals surface area contributed by atoms with Gasteiger partial charge in [-0.2, -0.15) is 0 Å². The molecule has 1 aliphatic heterocycles. The third kappa shape index (κ3) is 2.61. The Balaban J connectivity index is 1.98. The van der Waals surface area contributed by atoms with Crippen LogP contribution in [0.25, 0.3) is 0 Å². The lowest BCUT2D eigenvalue weighted by Crippen LogP contribution is -2.10. The first-order chi connectivity index (χ1) is 7.79. The summed E-state index contributed by atoms with van der Waals surface area (Å²) in [6, 6.07) is 7.71. The van der Waals surface area contributed by atoms with Crippen LogP contribution in [0.4, 0.5) is 0 Å². The molecule has 1 aromatic rings. The van der Waals surface area contributed by atoms with E-state index in [1.807, 2.05) is 24.3 Å². The predicted octanol–water partition coefficient (Wildman–Crippen LogP) is 1.63. The number of ether oxygens (including phenoxy) is 1. The number of nitrogens with one attached hydrogen (secondary N) is 1. The second kappa shape index (κ2) is 5.12. The number of carbonyl (C=O) groups is 1. The topological polar surface area (TPSA) is 38.3 Å². The molecule has 0 saturated carbocycles. The van der Waals surface area contributed by atoms with Gasteiger partial charge in [0.2, 0.25) is 0 Å². The lowest BCUT2D eigenvalue weighted by atomic mass is 9.98. The summed E-state index contributed by atoms with van der Waals surface area (Å²) in [5.74, 6) is 0.470. The first kappa shape index (κ1) is 11.1. The van der Waals surface area contributed by atoms with Gasteiger partial charge in [0.1, 0.15) is 0 Å². The van der Waals surface area contributed by atoms with Gasteiger partial charge in [-0.1, -0.05) is 12.1 Å². The number of rotatable bonds is 3. The molecule has 3 heteroatoms. The average molecular weight is 219 g/mol. The molecule has 1 saturated heterocycles. The van der Waals surface area contributed by atoms with E-state index >= 15 is 0 Å². The number of methoxy groups -OCH3 is 1. The van der Waals surface area contributed by atoms with Crippen molar-refractivity contribution in [1.82, 2.24) is 5.32 Å². The molecule has 1 aromatic carbocycles. The molecule has 1 atom stereocenters. The van der Waals surface area contributed by atoms with E-state index in [1.165, 1.54) is 19.1 Å². The molecule has 1 heterocycles. The highest BCUT2D eigenvalue weighted by Gasteiger charge is 2.14. The molecule has 16 heavy (non-hydrogen) atoms. The van der Waals surface area contributed by atoms with Gasteiger partial charge in [0.05, 0.1) is 12.7 Å². The van der Waals surface area contributed by atoms with E-state index in [2.05, 4.69) is 10.1 Å². The van der Waals surface area contributed by atoms with Gasteiger partial charge in [-0.25, -0.2) is 4.79 Å². The minimum atomic E-state index is -0.269. The molecule has 0 bridgehead atoms. The zero-order valence-electron chi connectivity index (χ0n) is 9.53. The minimum Gasteiger partial charge on any atom is -0.465 e. The van der Waals surface area contributed by atoms with Crippen LogP contribution in [0.3, 0.4) is 0 Å². The van der Waals surface area contributed by atoms with Gasteiger partial charge in [0, 0.05) is 0 Å². The highest BCUT2D eigenvalue weighted by atomic mass is 16.5. The van der Waals surface area contributed by atoms with Gasteiger partial charge < -0.3 is 10.1 Å². The Morgan fingerprint density at radius 2 is 2.19 bits per heavy atom. The predicted molar refractivity (Wildman–Crippen MR) is 62.5 cm³/mol. The van der Waals surface area contributed by atoms with Gasteiger partial charge >= 0.3 is 5.97 Å². The smallest absolute Gasteiger partial charge is 0.337 e. The van der Waals surface area contributed by atoms with Crippen LogP contribution in [0.1, 0.15) is 22.3 Å². The van der Waals surface area contributed by atoms with Crippen LogP contribution in [0, 0.1) is 5.92 Å². The van der Waals surface area contributed by atoms with E-state index in [1.54, 1.807) is 0 Å². The van der Waals surface area contributed by atoms with Crippen molar-refractivity contribution in [3.05, 3.63) is 35.4 Å². The van der Waals surface area contributed by atoms with Crippen LogP contribution >= 0.6 is 0 Å². The van der Waals surface area contributed by atoms with E-state index in [0.29, 0.717) is 5.56 Å². The summed E-state index contributed by atoms with van der Waals surface area (Å²) in [5, 5.41) is 3.36. The number of esters is 1. The summed E-state index contributed by atoms with van der Waals surface area (Å²) >= 11 is 0. The van der Waals surface area contributed by atoms with Crippen LogP contribution in [0.15, 0.2) is 24.3 Å². The van der Waals surface area contributed by atoms with Crippen LogP contribution in [-0.2, 0) is 11.2 Å². The van der Waals surface area contributed by atoms with Crippen LogP contribution in [0.2, 0.25) is 0 Å². The van der Waals surface area contributed by atoms with E-state index in [4.69, 9.17) is 0 Å². The van der Waals surface area contributed by atoms with Gasteiger partial charge in [-0.05, 0) is 49.5 Å². The fraction of sp³-hybridized carbons (Fsp3) is 0.462. The molecule has 2 rings (SSSR count). The molecule has 0 unspecified atom stereocenters. The third-order valence-electron chi connectivity index (χ3n) is 3.06. The summed E-state index contributed by atoms with van der Waals surface area (Å²) in [7, 11) is 1.40. The van der Waals surface area contributed by atoms with Gasteiger partial charge in [0.15, 0.2) is 0 Å². The summed E-state index contributed by atoms with van der Waals surface area (Å²) in [5.41, 5.74) is 1.91. The molecular formula is C13H17NO2. The van der Waals surface area contributed by atoms with Crippen molar-refractivity contribution >= 4 is 5.97 Å². The van der Waals surface area contributed by atoms with E-state index in [-0.39, 0.29) is 5.97 Å². The SMILES string of the molecule is COC(=O)c1ccc(C[C@@H]2CCNC2)cc1. The van der Waals surface area contributed by atoms with Crippen molar-refractivity contribution < 1.29 is 9.53 Å². The molecule has 86 valence electrons. The second-order valence-corrected chi connectivity index (χ2v) is 4.25. The molecule has 0 spiro atoms. The molecule has 0 aliphatic carbocycles. The number of hydrogen-bond acceptors (Lipinski definition) is 3. The zero-order chi connectivity index (χ0) is 11.4. The van der Waals surface area contributed by atoms with Crippen molar-refractivity contribution in [2.45, 2.75) is 12.8 Å². The lowest BCUT2D eigenvalue weighted by molar-refractivity contribution is 0.0600. The maximum Gasteiger partial charge on any atom is 0.337 e. The molecule has 1 fully saturated rings. The lowest BCUT2D eigenvalue weighted by Gasteiger charge is -2.08. The third-order valence-corrected chi connectivity index (χ3v) is 3.06. The Hall–Kier alpha value is -1.35.